The van der Waals surface area contributed by atoms with Gasteiger partial charge in [-0.15, -0.1) is 0 Å². The van der Waals surface area contributed by atoms with Gasteiger partial charge in [-0.05, 0) is 28.8 Å². The molecule has 3 heteroatoms. The highest BCUT2D eigenvalue weighted by Gasteiger charge is 2.19. The van der Waals surface area contributed by atoms with Crippen LogP contribution in [0.2, 0.25) is 5.02 Å². The third-order valence-electron chi connectivity index (χ3n) is 3.71. The quantitative estimate of drug-likeness (QED) is 0.692. The number of benzene rings is 3. The summed E-state index contributed by atoms with van der Waals surface area (Å²) in [7, 11) is 0. The van der Waals surface area contributed by atoms with Gasteiger partial charge in [-0.25, -0.2) is 0 Å². The number of Topliss-reactive ketones (excluding diaryl/α,β-unsaturated/α-hetero) is 1. The van der Waals surface area contributed by atoms with Crippen molar-refractivity contribution in [3.05, 3.63) is 95.0 Å². The van der Waals surface area contributed by atoms with Gasteiger partial charge in [0.2, 0.25) is 0 Å². The summed E-state index contributed by atoms with van der Waals surface area (Å²) in [5, 5.41) is 10.8. The van der Waals surface area contributed by atoms with E-state index in [1.165, 1.54) is 0 Å². The normalized spacial score (nSPS) is 11.9. The number of halogens is 1. The lowest BCUT2D eigenvalue weighted by atomic mass is 9.97. The topological polar surface area (TPSA) is 37.3 Å². The number of carbonyl (C=O) groups excluding carboxylic acids is 1. The van der Waals surface area contributed by atoms with Gasteiger partial charge in [-0.2, -0.15) is 0 Å². The van der Waals surface area contributed by atoms with E-state index in [4.69, 9.17) is 11.6 Å². The predicted octanol–water partition coefficient (Wildman–Crippen LogP) is 4.92. The van der Waals surface area contributed by atoms with Crippen molar-refractivity contribution in [3.63, 3.8) is 0 Å². The highest BCUT2D eigenvalue weighted by Crippen LogP contribution is 2.23. The molecule has 0 aliphatic heterocycles. The SMILES string of the molecule is O=C(c1ccc(-c2ccccc2)cc1)C(O)c1ccc(Cl)cc1. The number of hydrogen-bond donors (Lipinski definition) is 1. The van der Waals surface area contributed by atoms with Crippen LogP contribution in [0.1, 0.15) is 22.0 Å². The number of hydrogen-bond acceptors (Lipinski definition) is 2. The fraction of sp³-hybridized carbons (Fsp3) is 0.0500. The molecule has 1 unspecified atom stereocenters. The minimum atomic E-state index is -1.19. The maximum Gasteiger partial charge on any atom is 0.195 e. The molecule has 23 heavy (non-hydrogen) atoms. The van der Waals surface area contributed by atoms with Gasteiger partial charge in [-0.3, -0.25) is 4.79 Å². The van der Waals surface area contributed by atoms with Crippen LogP contribution in [-0.2, 0) is 0 Å². The van der Waals surface area contributed by atoms with Crippen molar-refractivity contribution < 1.29 is 9.90 Å². The summed E-state index contributed by atoms with van der Waals surface area (Å²) in [5.74, 6) is -0.327. The maximum atomic E-state index is 12.4. The van der Waals surface area contributed by atoms with Crippen molar-refractivity contribution in [3.8, 4) is 11.1 Å². The Kier molecular flexibility index (Phi) is 4.56. The van der Waals surface area contributed by atoms with Crippen molar-refractivity contribution in [2.24, 2.45) is 0 Å². The molecular formula is C20H15ClO2. The van der Waals surface area contributed by atoms with E-state index in [2.05, 4.69) is 0 Å². The molecule has 0 aromatic heterocycles. The van der Waals surface area contributed by atoms with Crippen LogP contribution in [0, 0.1) is 0 Å². The Morgan fingerprint density at radius 3 is 1.96 bits per heavy atom. The summed E-state index contributed by atoms with van der Waals surface area (Å²) < 4.78 is 0. The van der Waals surface area contributed by atoms with E-state index in [0.29, 0.717) is 16.1 Å². The molecule has 3 aromatic carbocycles. The monoisotopic (exact) mass is 322 g/mol. The third kappa shape index (κ3) is 3.50. The second-order valence-electron chi connectivity index (χ2n) is 5.26. The van der Waals surface area contributed by atoms with Gasteiger partial charge in [0.25, 0.3) is 0 Å². The molecule has 114 valence electrons. The number of aliphatic hydroxyl groups excluding tert-OH is 1. The van der Waals surface area contributed by atoms with Crippen LogP contribution >= 0.6 is 11.6 Å². The van der Waals surface area contributed by atoms with Gasteiger partial charge in [0.1, 0.15) is 6.10 Å². The molecule has 0 saturated heterocycles. The second-order valence-corrected chi connectivity index (χ2v) is 5.70. The van der Waals surface area contributed by atoms with Gasteiger partial charge in [-0.1, -0.05) is 78.3 Å². The smallest absolute Gasteiger partial charge is 0.195 e. The first-order valence-corrected chi connectivity index (χ1v) is 7.66. The number of ketones is 1. The second kappa shape index (κ2) is 6.78. The van der Waals surface area contributed by atoms with Gasteiger partial charge in [0, 0.05) is 10.6 Å². The average molecular weight is 323 g/mol. The van der Waals surface area contributed by atoms with E-state index in [1.54, 1.807) is 36.4 Å². The molecular weight excluding hydrogens is 308 g/mol. The molecule has 0 fully saturated rings. The number of aliphatic hydroxyl groups is 1. The number of rotatable bonds is 4. The lowest BCUT2D eigenvalue weighted by Gasteiger charge is -2.11. The molecule has 0 aliphatic carbocycles. The van der Waals surface area contributed by atoms with E-state index in [1.807, 2.05) is 42.5 Å². The predicted molar refractivity (Wildman–Crippen MR) is 92.6 cm³/mol. The molecule has 3 aromatic rings. The van der Waals surface area contributed by atoms with Gasteiger partial charge < -0.3 is 5.11 Å². The Morgan fingerprint density at radius 2 is 1.35 bits per heavy atom. The van der Waals surface area contributed by atoms with Crippen molar-refractivity contribution in [2.45, 2.75) is 6.10 Å². The Bertz CT molecular complexity index is 793. The first-order chi connectivity index (χ1) is 11.1. The highest BCUT2D eigenvalue weighted by atomic mass is 35.5. The molecule has 0 saturated carbocycles. The maximum absolute atomic E-state index is 12.4. The first kappa shape index (κ1) is 15.5. The molecule has 1 atom stereocenters. The zero-order chi connectivity index (χ0) is 16.2. The van der Waals surface area contributed by atoms with Crippen LogP contribution in [-0.4, -0.2) is 10.9 Å². The summed E-state index contributed by atoms with van der Waals surface area (Å²) in [6.45, 7) is 0. The molecule has 0 amide bonds. The van der Waals surface area contributed by atoms with E-state index in [0.717, 1.165) is 11.1 Å². The standard InChI is InChI=1S/C20H15ClO2/c21-18-12-10-17(11-13-18)20(23)19(22)16-8-6-15(7-9-16)14-4-2-1-3-5-14/h1-13,20,23H. The van der Waals surface area contributed by atoms with Crippen LogP contribution in [0.15, 0.2) is 78.9 Å². The Labute approximate surface area is 140 Å². The third-order valence-corrected chi connectivity index (χ3v) is 3.96. The Balaban J connectivity index is 1.81. The van der Waals surface area contributed by atoms with E-state index in [9.17, 15) is 9.90 Å². The molecule has 3 rings (SSSR count). The Morgan fingerprint density at radius 1 is 0.783 bits per heavy atom. The van der Waals surface area contributed by atoms with Crippen LogP contribution in [0.25, 0.3) is 11.1 Å². The molecule has 0 spiro atoms. The van der Waals surface area contributed by atoms with Gasteiger partial charge in [0.15, 0.2) is 5.78 Å². The molecule has 0 aliphatic rings. The molecule has 2 nitrogen and oxygen atoms in total. The minimum Gasteiger partial charge on any atom is -0.380 e. The Hall–Kier alpha value is -2.42. The molecule has 1 N–H and O–H groups in total. The highest BCUT2D eigenvalue weighted by molar-refractivity contribution is 6.30. The fourth-order valence-electron chi connectivity index (χ4n) is 2.41. The minimum absolute atomic E-state index is 0.327. The summed E-state index contributed by atoms with van der Waals surface area (Å²) in [6, 6.07) is 23.8. The summed E-state index contributed by atoms with van der Waals surface area (Å²) >= 11 is 5.82. The van der Waals surface area contributed by atoms with Crippen molar-refractivity contribution in [2.75, 3.05) is 0 Å². The molecule has 0 radical (unpaired) electrons. The largest absolute Gasteiger partial charge is 0.380 e. The summed E-state index contributed by atoms with van der Waals surface area (Å²) in [5.41, 5.74) is 3.13. The lowest BCUT2D eigenvalue weighted by Crippen LogP contribution is -2.12. The lowest BCUT2D eigenvalue weighted by molar-refractivity contribution is 0.0747. The van der Waals surface area contributed by atoms with E-state index in [-0.39, 0.29) is 5.78 Å². The first-order valence-electron chi connectivity index (χ1n) is 7.28. The zero-order valence-electron chi connectivity index (χ0n) is 12.3. The van der Waals surface area contributed by atoms with Crippen molar-refractivity contribution >= 4 is 17.4 Å². The van der Waals surface area contributed by atoms with E-state index >= 15 is 0 Å². The van der Waals surface area contributed by atoms with Crippen LogP contribution in [0.3, 0.4) is 0 Å². The molecule has 0 bridgehead atoms. The summed E-state index contributed by atoms with van der Waals surface area (Å²) in [4.78, 5) is 12.4. The van der Waals surface area contributed by atoms with Crippen LogP contribution in [0.5, 0.6) is 0 Å². The number of carbonyl (C=O) groups is 1. The zero-order valence-corrected chi connectivity index (χ0v) is 13.1. The van der Waals surface area contributed by atoms with Crippen LogP contribution in [0.4, 0.5) is 0 Å². The average Bonchev–Trinajstić information content (AvgIpc) is 2.62. The van der Waals surface area contributed by atoms with Crippen LogP contribution < -0.4 is 0 Å². The van der Waals surface area contributed by atoms with Gasteiger partial charge >= 0.3 is 0 Å². The molecule has 0 heterocycles. The van der Waals surface area contributed by atoms with Gasteiger partial charge in [0.05, 0.1) is 0 Å². The van der Waals surface area contributed by atoms with E-state index < -0.39 is 6.10 Å². The fourth-order valence-corrected chi connectivity index (χ4v) is 2.54. The summed E-state index contributed by atoms with van der Waals surface area (Å²) in [6.07, 6.45) is -1.19. The van der Waals surface area contributed by atoms with Crippen molar-refractivity contribution in [1.29, 1.82) is 0 Å². The van der Waals surface area contributed by atoms with Crippen molar-refractivity contribution in [1.82, 2.24) is 0 Å².